The fourth-order valence-corrected chi connectivity index (χ4v) is 2.73. The number of carbonyl (C=O) groups excluding carboxylic acids is 1. The molecule has 0 radical (unpaired) electrons. The zero-order valence-electron chi connectivity index (χ0n) is 13.5. The number of halogens is 3. The van der Waals surface area contributed by atoms with Crippen LogP contribution in [-0.4, -0.2) is 49.5 Å². The van der Waals surface area contributed by atoms with Gasteiger partial charge in [0.1, 0.15) is 11.6 Å². The lowest BCUT2D eigenvalue weighted by Gasteiger charge is -2.32. The Morgan fingerprint density at radius 1 is 1.33 bits per heavy atom. The fraction of sp³-hybridized carbons (Fsp3) is 0.588. The Labute approximate surface area is 140 Å². The summed E-state index contributed by atoms with van der Waals surface area (Å²) in [5, 5.41) is 2.93. The lowest BCUT2D eigenvalue weighted by atomic mass is 10.0. The van der Waals surface area contributed by atoms with E-state index in [9.17, 15) is 18.0 Å². The monoisotopic (exact) mass is 344 g/mol. The molecule has 24 heavy (non-hydrogen) atoms. The zero-order valence-corrected chi connectivity index (χ0v) is 13.5. The van der Waals surface area contributed by atoms with Gasteiger partial charge in [-0.25, -0.2) is 13.2 Å². The van der Waals surface area contributed by atoms with Crippen molar-refractivity contribution in [2.24, 2.45) is 0 Å². The lowest BCUT2D eigenvalue weighted by molar-refractivity contribution is -0.122. The molecule has 0 aromatic heterocycles. The van der Waals surface area contributed by atoms with Gasteiger partial charge in [-0.1, -0.05) is 6.07 Å². The number of alkyl halides is 2. The van der Waals surface area contributed by atoms with E-state index in [1.807, 2.05) is 0 Å². The number of hydrogen-bond donors (Lipinski definition) is 1. The average molecular weight is 344 g/mol. The normalized spacial score (nSPS) is 16.3. The molecule has 1 aromatic carbocycles. The van der Waals surface area contributed by atoms with Gasteiger partial charge in [-0.05, 0) is 31.4 Å². The Morgan fingerprint density at radius 2 is 2.08 bits per heavy atom. The number of piperidine rings is 1. The Bertz CT molecular complexity index is 520. The van der Waals surface area contributed by atoms with Crippen LogP contribution in [0.2, 0.25) is 0 Å². The van der Waals surface area contributed by atoms with E-state index in [-0.39, 0.29) is 24.3 Å². The summed E-state index contributed by atoms with van der Waals surface area (Å²) in [6.45, 7) is 1.30. The Hall–Kier alpha value is -1.76. The maximum absolute atomic E-state index is 13.0. The Kier molecular flexibility index (Phi) is 7.36. The van der Waals surface area contributed by atoms with Crippen LogP contribution >= 0.6 is 0 Å². The van der Waals surface area contributed by atoms with Gasteiger partial charge in [-0.3, -0.25) is 9.69 Å². The van der Waals surface area contributed by atoms with Gasteiger partial charge < -0.3 is 10.1 Å². The summed E-state index contributed by atoms with van der Waals surface area (Å²) >= 11 is 0. The lowest BCUT2D eigenvalue weighted by Crippen LogP contribution is -2.45. The van der Waals surface area contributed by atoms with E-state index in [4.69, 9.17) is 4.74 Å². The molecule has 0 aliphatic carbocycles. The molecule has 1 N–H and O–H groups in total. The summed E-state index contributed by atoms with van der Waals surface area (Å²) in [4.78, 5) is 13.6. The number of rotatable bonds is 8. The van der Waals surface area contributed by atoms with Crippen molar-refractivity contribution < 1.29 is 22.7 Å². The van der Waals surface area contributed by atoms with Crippen molar-refractivity contribution in [3.05, 3.63) is 30.1 Å². The third kappa shape index (κ3) is 6.78. The molecule has 0 saturated carbocycles. The number of ether oxygens (including phenoxy) is 1. The molecular weight excluding hydrogens is 321 g/mol. The van der Waals surface area contributed by atoms with Crippen LogP contribution in [0.25, 0.3) is 0 Å². The minimum Gasteiger partial charge on any atom is -0.493 e. The summed E-state index contributed by atoms with van der Waals surface area (Å²) in [5.74, 6) is 0.0235. The summed E-state index contributed by atoms with van der Waals surface area (Å²) in [7, 11) is 0. The van der Waals surface area contributed by atoms with E-state index >= 15 is 0 Å². The third-order valence-electron chi connectivity index (χ3n) is 3.96. The minimum absolute atomic E-state index is 0.0514. The maximum Gasteiger partial charge on any atom is 0.251 e. The van der Waals surface area contributed by atoms with Gasteiger partial charge in [0.15, 0.2) is 0 Å². The first-order chi connectivity index (χ1) is 11.5. The highest BCUT2D eigenvalue weighted by Crippen LogP contribution is 2.13. The number of hydrogen-bond acceptors (Lipinski definition) is 3. The highest BCUT2D eigenvalue weighted by molar-refractivity contribution is 5.76. The van der Waals surface area contributed by atoms with Crippen molar-refractivity contribution in [1.82, 2.24) is 10.2 Å². The first-order valence-electron chi connectivity index (χ1n) is 8.21. The highest BCUT2D eigenvalue weighted by Gasteiger charge is 2.22. The summed E-state index contributed by atoms with van der Waals surface area (Å²) in [6.07, 6.45) is -0.0652. The quantitative estimate of drug-likeness (QED) is 0.738. The van der Waals surface area contributed by atoms with Crippen molar-refractivity contribution in [3.8, 4) is 5.75 Å². The molecule has 2 rings (SSSR count). The Morgan fingerprint density at radius 3 is 2.75 bits per heavy atom. The number of likely N-dealkylation sites (tertiary alicyclic amines) is 1. The van der Waals surface area contributed by atoms with Crippen LogP contribution < -0.4 is 10.1 Å². The van der Waals surface area contributed by atoms with E-state index < -0.39 is 6.43 Å². The van der Waals surface area contributed by atoms with Gasteiger partial charge in [0.2, 0.25) is 5.91 Å². The van der Waals surface area contributed by atoms with Gasteiger partial charge in [-0.15, -0.1) is 0 Å². The molecule has 1 aromatic rings. The van der Waals surface area contributed by atoms with Gasteiger partial charge in [0, 0.05) is 31.6 Å². The third-order valence-corrected chi connectivity index (χ3v) is 3.96. The van der Waals surface area contributed by atoms with Crippen LogP contribution in [0.15, 0.2) is 24.3 Å². The summed E-state index contributed by atoms with van der Waals surface area (Å²) in [5.41, 5.74) is 0. The number of nitrogens with zero attached hydrogens (tertiary/aromatic N) is 1. The second-order valence-electron chi connectivity index (χ2n) is 5.94. The molecule has 1 saturated heterocycles. The number of benzene rings is 1. The highest BCUT2D eigenvalue weighted by atomic mass is 19.3. The number of amides is 1. The molecule has 1 fully saturated rings. The molecular formula is C17H23F3N2O2. The van der Waals surface area contributed by atoms with Crippen LogP contribution in [0.1, 0.15) is 25.7 Å². The maximum atomic E-state index is 13.0. The van der Waals surface area contributed by atoms with Crippen LogP contribution in [0.3, 0.4) is 0 Å². The molecule has 1 amide bonds. The van der Waals surface area contributed by atoms with Crippen molar-refractivity contribution in [1.29, 1.82) is 0 Å². The summed E-state index contributed by atoms with van der Waals surface area (Å²) < 4.78 is 43.0. The van der Waals surface area contributed by atoms with Crippen molar-refractivity contribution in [3.63, 3.8) is 0 Å². The molecule has 4 nitrogen and oxygen atoms in total. The second kappa shape index (κ2) is 9.52. The zero-order chi connectivity index (χ0) is 17.4. The molecule has 0 atom stereocenters. The molecule has 0 unspecified atom stereocenters. The first-order valence-corrected chi connectivity index (χ1v) is 8.21. The van der Waals surface area contributed by atoms with Gasteiger partial charge >= 0.3 is 0 Å². The molecule has 134 valence electrons. The van der Waals surface area contributed by atoms with Gasteiger partial charge in [0.25, 0.3) is 6.43 Å². The van der Waals surface area contributed by atoms with E-state index in [0.717, 1.165) is 0 Å². The molecule has 0 spiro atoms. The van der Waals surface area contributed by atoms with Crippen molar-refractivity contribution in [2.45, 2.75) is 38.2 Å². The predicted molar refractivity (Wildman–Crippen MR) is 84.7 cm³/mol. The summed E-state index contributed by atoms with van der Waals surface area (Å²) in [6, 6.07) is 5.92. The van der Waals surface area contributed by atoms with E-state index in [2.05, 4.69) is 5.32 Å². The molecule has 1 aliphatic heterocycles. The average Bonchev–Trinajstić information content (AvgIpc) is 2.53. The molecule has 7 heteroatoms. The van der Waals surface area contributed by atoms with E-state index in [0.29, 0.717) is 51.1 Å². The van der Waals surface area contributed by atoms with E-state index in [1.165, 1.54) is 12.1 Å². The first kappa shape index (κ1) is 18.6. The fourth-order valence-electron chi connectivity index (χ4n) is 2.73. The van der Waals surface area contributed by atoms with Gasteiger partial charge in [0.05, 0.1) is 13.2 Å². The smallest absolute Gasteiger partial charge is 0.251 e. The molecule has 1 aliphatic rings. The molecule has 1 heterocycles. The van der Waals surface area contributed by atoms with Gasteiger partial charge in [-0.2, -0.15) is 0 Å². The minimum atomic E-state index is -2.31. The van der Waals surface area contributed by atoms with Crippen molar-refractivity contribution in [2.75, 3.05) is 26.2 Å². The van der Waals surface area contributed by atoms with Crippen molar-refractivity contribution >= 4 is 5.91 Å². The number of carbonyl (C=O) groups is 1. The topological polar surface area (TPSA) is 41.6 Å². The number of nitrogens with one attached hydrogen (secondary N) is 1. The predicted octanol–water partition coefficient (Wildman–Crippen LogP) is 2.83. The van der Waals surface area contributed by atoms with Crippen LogP contribution in [-0.2, 0) is 4.79 Å². The standard InChI is InChI=1S/C17H23F3N2O2/c18-13-3-1-4-15(11-13)24-10-2-5-17(23)21-14-6-8-22(9-7-14)12-16(19)20/h1,3-4,11,14,16H,2,5-10,12H2,(H,21,23). The van der Waals surface area contributed by atoms with Crippen LogP contribution in [0, 0.1) is 5.82 Å². The largest absolute Gasteiger partial charge is 0.493 e. The van der Waals surface area contributed by atoms with Crippen LogP contribution in [0.4, 0.5) is 13.2 Å². The Balaban J connectivity index is 1.57. The van der Waals surface area contributed by atoms with E-state index in [1.54, 1.807) is 17.0 Å². The second-order valence-corrected chi connectivity index (χ2v) is 5.94. The van der Waals surface area contributed by atoms with Crippen LogP contribution in [0.5, 0.6) is 5.75 Å². The molecule has 0 bridgehead atoms. The SMILES string of the molecule is O=C(CCCOc1cccc(F)c1)NC1CCN(CC(F)F)CC1.